The fourth-order valence-electron chi connectivity index (χ4n) is 2.14. The first kappa shape index (κ1) is 17.8. The van der Waals surface area contributed by atoms with Crippen molar-refractivity contribution < 1.29 is 9.31 Å². The maximum absolute atomic E-state index is 13.3. The highest BCUT2D eigenvalue weighted by atomic mass is 35.5. The highest BCUT2D eigenvalue weighted by Gasteiger charge is 2.24. The molecule has 2 N–H and O–H groups in total. The molecule has 7 nitrogen and oxygen atoms in total. The molecule has 0 saturated carbocycles. The van der Waals surface area contributed by atoms with Crippen LogP contribution in [-0.2, 0) is 0 Å². The fourth-order valence-corrected chi connectivity index (χ4v) is 2.50. The van der Waals surface area contributed by atoms with Gasteiger partial charge in [-0.05, 0) is 30.3 Å². The van der Waals surface area contributed by atoms with Crippen LogP contribution in [0.5, 0.6) is 0 Å². The van der Waals surface area contributed by atoms with E-state index in [1.807, 2.05) is 0 Å². The van der Waals surface area contributed by atoms with E-state index in [1.165, 1.54) is 12.1 Å². The van der Waals surface area contributed by atoms with Crippen LogP contribution in [-0.4, -0.2) is 14.9 Å². The number of hydrogen-bond acceptors (Lipinski definition) is 6. The van der Waals surface area contributed by atoms with Crippen molar-refractivity contribution >= 4 is 51.9 Å². The molecule has 0 fully saturated rings. The molecule has 0 atom stereocenters. The molecular formula is C16H10Cl2FN5O2. The van der Waals surface area contributed by atoms with Gasteiger partial charge in [0.05, 0.1) is 20.7 Å². The number of nitrogens with one attached hydrogen (secondary N) is 2. The average molecular weight is 394 g/mol. The highest BCUT2D eigenvalue weighted by molar-refractivity contribution is 6.33. The third-order valence-electron chi connectivity index (χ3n) is 3.31. The van der Waals surface area contributed by atoms with Crippen LogP contribution in [0.4, 0.5) is 33.1 Å². The third-order valence-corrected chi connectivity index (χ3v) is 3.93. The highest BCUT2D eigenvalue weighted by Crippen LogP contribution is 2.35. The Morgan fingerprint density at radius 3 is 2.35 bits per heavy atom. The predicted molar refractivity (Wildman–Crippen MR) is 98.1 cm³/mol. The molecule has 0 radical (unpaired) electrons. The van der Waals surface area contributed by atoms with Gasteiger partial charge in [0.2, 0.25) is 11.6 Å². The number of halogens is 3. The Hall–Kier alpha value is -2.97. The van der Waals surface area contributed by atoms with Crippen molar-refractivity contribution in [2.24, 2.45) is 0 Å². The summed E-state index contributed by atoms with van der Waals surface area (Å²) in [5.74, 6) is -0.730. The van der Waals surface area contributed by atoms with E-state index < -0.39 is 16.4 Å². The second kappa shape index (κ2) is 7.51. The molecule has 0 unspecified atom stereocenters. The summed E-state index contributed by atoms with van der Waals surface area (Å²) < 4.78 is 13.3. The molecule has 1 heterocycles. The van der Waals surface area contributed by atoms with Crippen molar-refractivity contribution in [1.82, 2.24) is 9.97 Å². The van der Waals surface area contributed by atoms with E-state index in [-0.39, 0.29) is 16.7 Å². The van der Waals surface area contributed by atoms with Crippen LogP contribution in [0.2, 0.25) is 10.0 Å². The van der Waals surface area contributed by atoms with Crippen molar-refractivity contribution in [3.8, 4) is 0 Å². The molecule has 3 aromatic rings. The molecule has 0 amide bonds. The second-order valence-electron chi connectivity index (χ2n) is 5.04. The minimum atomic E-state index is -0.632. The molecule has 0 aliphatic heterocycles. The van der Waals surface area contributed by atoms with Gasteiger partial charge < -0.3 is 10.6 Å². The molecule has 0 aliphatic rings. The SMILES string of the molecule is O=[N+]([O-])c1c(Nc2ccc(F)c(Cl)c2)ncnc1Nc1ccccc1Cl. The lowest BCUT2D eigenvalue weighted by atomic mass is 10.3. The van der Waals surface area contributed by atoms with Gasteiger partial charge in [-0.15, -0.1) is 0 Å². The van der Waals surface area contributed by atoms with Crippen molar-refractivity contribution in [2.75, 3.05) is 10.6 Å². The largest absolute Gasteiger partial charge is 0.353 e. The summed E-state index contributed by atoms with van der Waals surface area (Å²) >= 11 is 11.8. The van der Waals surface area contributed by atoms with E-state index in [9.17, 15) is 14.5 Å². The monoisotopic (exact) mass is 393 g/mol. The van der Waals surface area contributed by atoms with Gasteiger partial charge >= 0.3 is 5.69 Å². The Bertz CT molecular complexity index is 987. The molecule has 1 aromatic heterocycles. The van der Waals surface area contributed by atoms with E-state index >= 15 is 0 Å². The Balaban J connectivity index is 1.99. The smallest absolute Gasteiger partial charge is 0.334 e. The van der Waals surface area contributed by atoms with Crippen LogP contribution in [0.1, 0.15) is 0 Å². The van der Waals surface area contributed by atoms with Gasteiger partial charge in [-0.2, -0.15) is 0 Å². The summed E-state index contributed by atoms with van der Waals surface area (Å²) in [6.45, 7) is 0. The molecule has 10 heteroatoms. The van der Waals surface area contributed by atoms with Crippen molar-refractivity contribution in [3.63, 3.8) is 0 Å². The summed E-state index contributed by atoms with van der Waals surface area (Å²) in [5, 5.41) is 17.4. The molecule has 26 heavy (non-hydrogen) atoms. The van der Waals surface area contributed by atoms with Gasteiger partial charge in [-0.1, -0.05) is 35.3 Å². The van der Waals surface area contributed by atoms with E-state index in [4.69, 9.17) is 23.2 Å². The quantitative estimate of drug-likeness (QED) is 0.450. The number of nitrogens with zero attached hydrogens (tertiary/aromatic N) is 3. The molecule has 0 bridgehead atoms. The first-order chi connectivity index (χ1) is 12.5. The van der Waals surface area contributed by atoms with Crippen LogP contribution in [0.15, 0.2) is 48.8 Å². The van der Waals surface area contributed by atoms with Crippen molar-refractivity contribution in [3.05, 3.63) is 74.8 Å². The first-order valence-electron chi connectivity index (χ1n) is 7.18. The Morgan fingerprint density at radius 2 is 1.69 bits per heavy atom. The van der Waals surface area contributed by atoms with Gasteiger partial charge in [0.25, 0.3) is 0 Å². The molecule has 0 spiro atoms. The zero-order valence-electron chi connectivity index (χ0n) is 12.9. The number of anilines is 4. The number of rotatable bonds is 5. The minimum absolute atomic E-state index is 0.0474. The van der Waals surface area contributed by atoms with Gasteiger partial charge in [0.1, 0.15) is 12.1 Å². The number of para-hydroxylation sites is 1. The Morgan fingerprint density at radius 1 is 1.00 bits per heavy atom. The average Bonchev–Trinajstić information content (AvgIpc) is 2.60. The van der Waals surface area contributed by atoms with Crippen LogP contribution in [0, 0.1) is 15.9 Å². The van der Waals surface area contributed by atoms with Gasteiger partial charge in [-0.3, -0.25) is 10.1 Å². The fraction of sp³-hybridized carbons (Fsp3) is 0. The predicted octanol–water partition coefficient (Wildman–Crippen LogP) is 5.32. The Kier molecular flexibility index (Phi) is 5.15. The Labute approximate surface area is 157 Å². The van der Waals surface area contributed by atoms with Crippen molar-refractivity contribution in [2.45, 2.75) is 0 Å². The zero-order valence-corrected chi connectivity index (χ0v) is 14.4. The number of nitro groups is 1. The topological polar surface area (TPSA) is 93.0 Å². The summed E-state index contributed by atoms with van der Waals surface area (Å²) in [6, 6.07) is 10.6. The van der Waals surface area contributed by atoms with E-state index in [0.717, 1.165) is 12.4 Å². The van der Waals surface area contributed by atoms with Gasteiger partial charge in [-0.25, -0.2) is 14.4 Å². The maximum atomic E-state index is 13.3. The standard InChI is InChI=1S/C16H10Cl2FN5O2/c17-10-3-1-2-4-13(10)23-16-14(24(25)26)15(20-8-21-16)22-9-5-6-12(19)11(18)7-9/h1-8H,(H2,20,21,22,23). The van der Waals surface area contributed by atoms with Crippen LogP contribution in [0.3, 0.4) is 0 Å². The van der Waals surface area contributed by atoms with Gasteiger partial charge in [0.15, 0.2) is 0 Å². The normalized spacial score (nSPS) is 10.4. The number of hydrogen-bond donors (Lipinski definition) is 2. The lowest BCUT2D eigenvalue weighted by Crippen LogP contribution is -2.05. The first-order valence-corrected chi connectivity index (χ1v) is 7.94. The van der Waals surface area contributed by atoms with E-state index in [2.05, 4.69) is 20.6 Å². The second-order valence-corrected chi connectivity index (χ2v) is 5.85. The lowest BCUT2D eigenvalue weighted by Gasteiger charge is -2.11. The molecule has 2 aromatic carbocycles. The summed E-state index contributed by atoms with van der Waals surface area (Å²) in [6.07, 6.45) is 1.15. The van der Waals surface area contributed by atoms with Crippen LogP contribution < -0.4 is 10.6 Å². The minimum Gasteiger partial charge on any atom is -0.334 e. The molecule has 3 rings (SSSR count). The molecule has 132 valence electrons. The molecule has 0 saturated heterocycles. The van der Waals surface area contributed by atoms with Crippen LogP contribution >= 0.6 is 23.2 Å². The zero-order chi connectivity index (χ0) is 18.7. The summed E-state index contributed by atoms with van der Waals surface area (Å²) in [7, 11) is 0. The van der Waals surface area contributed by atoms with E-state index in [1.54, 1.807) is 24.3 Å². The lowest BCUT2D eigenvalue weighted by molar-refractivity contribution is -0.383. The van der Waals surface area contributed by atoms with Crippen molar-refractivity contribution in [1.29, 1.82) is 0 Å². The molecule has 0 aliphatic carbocycles. The number of benzene rings is 2. The van der Waals surface area contributed by atoms with Crippen LogP contribution in [0.25, 0.3) is 0 Å². The maximum Gasteiger partial charge on any atom is 0.353 e. The molecular weight excluding hydrogens is 384 g/mol. The van der Waals surface area contributed by atoms with E-state index in [0.29, 0.717) is 16.4 Å². The van der Waals surface area contributed by atoms with Gasteiger partial charge in [0, 0.05) is 5.69 Å². The summed E-state index contributed by atoms with van der Waals surface area (Å²) in [4.78, 5) is 18.7. The number of aromatic nitrogens is 2. The summed E-state index contributed by atoms with van der Waals surface area (Å²) in [5.41, 5.74) is 0.390. The third kappa shape index (κ3) is 3.81.